The third-order valence-electron chi connectivity index (χ3n) is 2.36. The molecule has 0 aliphatic rings. The van der Waals surface area contributed by atoms with E-state index in [1.54, 1.807) is 37.3 Å². The maximum atomic E-state index is 12.0. The van der Waals surface area contributed by atoms with Crippen molar-refractivity contribution >= 4 is 17.8 Å². The molecule has 0 saturated carbocycles. The quantitative estimate of drug-likeness (QED) is 0.634. The van der Waals surface area contributed by atoms with Gasteiger partial charge in [0.05, 0.1) is 6.61 Å². The molecule has 1 aromatic rings. The summed E-state index contributed by atoms with van der Waals surface area (Å²) in [4.78, 5) is 34.2. The van der Waals surface area contributed by atoms with Crippen LogP contribution in [0.3, 0.4) is 0 Å². The minimum absolute atomic E-state index is 0.247. The topological polar surface area (TPSA) is 81.7 Å². The lowest BCUT2D eigenvalue weighted by atomic mass is 10.1. The Balaban J connectivity index is 2.73. The van der Waals surface area contributed by atoms with E-state index in [0.717, 1.165) is 12.3 Å². The van der Waals surface area contributed by atoms with Crippen molar-refractivity contribution in [3.05, 3.63) is 48.2 Å². The largest absolute Gasteiger partial charge is 0.463 e. The molecule has 1 N–H and O–H groups in total. The molecule has 0 bridgehead atoms. The number of hydrogen-bond acceptors (Lipinski definition) is 5. The van der Waals surface area contributed by atoms with Crippen LogP contribution in [0, 0.1) is 0 Å². The molecule has 1 amide bonds. The maximum Gasteiger partial charge on any atom is 0.332 e. The molecule has 0 unspecified atom stereocenters. The van der Waals surface area contributed by atoms with Gasteiger partial charge in [-0.15, -0.1) is 0 Å². The molecule has 1 atom stereocenters. The minimum Gasteiger partial charge on any atom is -0.463 e. The molecule has 0 aliphatic heterocycles. The average Bonchev–Trinajstić information content (AvgIpc) is 2.45. The predicted molar refractivity (Wildman–Crippen MR) is 74.9 cm³/mol. The van der Waals surface area contributed by atoms with Gasteiger partial charge in [-0.05, 0) is 6.92 Å². The van der Waals surface area contributed by atoms with Crippen molar-refractivity contribution < 1.29 is 23.9 Å². The summed E-state index contributed by atoms with van der Waals surface area (Å²) in [5.41, 5.74) is 0.537. The summed E-state index contributed by atoms with van der Waals surface area (Å²) in [6, 6.07) is 8.58. The van der Waals surface area contributed by atoms with E-state index in [9.17, 15) is 14.4 Å². The Hall–Kier alpha value is -2.63. The fourth-order valence-electron chi connectivity index (χ4n) is 1.52. The summed E-state index contributed by atoms with van der Waals surface area (Å²) < 4.78 is 9.67. The van der Waals surface area contributed by atoms with Gasteiger partial charge in [0.1, 0.15) is 0 Å². The SMILES string of the molecule is CCOC(=O)/C=C\NC(=O)[C@H](OC(C)=O)c1ccccc1. The molecule has 21 heavy (non-hydrogen) atoms. The Morgan fingerprint density at radius 2 is 1.90 bits per heavy atom. The van der Waals surface area contributed by atoms with Gasteiger partial charge < -0.3 is 14.8 Å². The van der Waals surface area contributed by atoms with Crippen LogP contribution in [0.4, 0.5) is 0 Å². The van der Waals surface area contributed by atoms with E-state index in [0.29, 0.717) is 5.56 Å². The van der Waals surface area contributed by atoms with Crippen molar-refractivity contribution in [2.75, 3.05) is 6.61 Å². The summed E-state index contributed by atoms with van der Waals surface area (Å²) in [7, 11) is 0. The van der Waals surface area contributed by atoms with Crippen LogP contribution in [-0.2, 0) is 23.9 Å². The van der Waals surface area contributed by atoms with E-state index in [-0.39, 0.29) is 6.61 Å². The third-order valence-corrected chi connectivity index (χ3v) is 2.36. The van der Waals surface area contributed by atoms with Crippen molar-refractivity contribution in [3.63, 3.8) is 0 Å². The molecule has 6 heteroatoms. The van der Waals surface area contributed by atoms with Crippen molar-refractivity contribution in [1.29, 1.82) is 0 Å². The summed E-state index contributed by atoms with van der Waals surface area (Å²) >= 11 is 0. The van der Waals surface area contributed by atoms with Gasteiger partial charge in [0, 0.05) is 24.8 Å². The molecule has 6 nitrogen and oxygen atoms in total. The first kappa shape index (κ1) is 16.4. The van der Waals surface area contributed by atoms with Crippen LogP contribution in [0.5, 0.6) is 0 Å². The summed E-state index contributed by atoms with van der Waals surface area (Å²) in [6.45, 7) is 3.14. The number of carbonyl (C=O) groups excluding carboxylic acids is 3. The number of carbonyl (C=O) groups is 3. The molecule has 112 valence electrons. The lowest BCUT2D eigenvalue weighted by Gasteiger charge is -2.15. The molecule has 1 rings (SSSR count). The van der Waals surface area contributed by atoms with E-state index in [1.807, 2.05) is 0 Å². The highest BCUT2D eigenvalue weighted by molar-refractivity contribution is 5.87. The van der Waals surface area contributed by atoms with Crippen molar-refractivity contribution in [3.8, 4) is 0 Å². The normalized spacial score (nSPS) is 11.7. The standard InChI is InChI=1S/C15H17NO5/c1-3-20-13(18)9-10-16-15(19)14(21-11(2)17)12-7-5-4-6-8-12/h4-10,14H,3H2,1-2H3,(H,16,19)/b10-9-/t14-/m1/s1. The van der Waals surface area contributed by atoms with Crippen LogP contribution in [-0.4, -0.2) is 24.5 Å². The number of ether oxygens (including phenoxy) is 2. The Kier molecular flexibility index (Phi) is 6.67. The number of nitrogens with one attached hydrogen (secondary N) is 1. The Morgan fingerprint density at radius 3 is 2.48 bits per heavy atom. The summed E-state index contributed by atoms with van der Waals surface area (Å²) in [5.74, 6) is -1.70. The van der Waals surface area contributed by atoms with Gasteiger partial charge in [-0.1, -0.05) is 30.3 Å². The molecule has 0 fully saturated rings. The van der Waals surface area contributed by atoms with E-state index < -0.39 is 23.9 Å². The second-order valence-corrected chi connectivity index (χ2v) is 3.99. The highest BCUT2D eigenvalue weighted by atomic mass is 16.5. The van der Waals surface area contributed by atoms with E-state index in [1.165, 1.54) is 6.92 Å². The van der Waals surface area contributed by atoms with Gasteiger partial charge in [0.15, 0.2) is 0 Å². The highest BCUT2D eigenvalue weighted by Gasteiger charge is 2.22. The molecular weight excluding hydrogens is 274 g/mol. The van der Waals surface area contributed by atoms with Crippen LogP contribution in [0.15, 0.2) is 42.6 Å². The smallest absolute Gasteiger partial charge is 0.332 e. The molecule has 0 heterocycles. The first-order valence-electron chi connectivity index (χ1n) is 6.40. The lowest BCUT2D eigenvalue weighted by molar-refractivity contribution is -0.154. The van der Waals surface area contributed by atoms with Gasteiger partial charge in [-0.3, -0.25) is 9.59 Å². The van der Waals surface area contributed by atoms with Gasteiger partial charge >= 0.3 is 11.9 Å². The van der Waals surface area contributed by atoms with E-state index >= 15 is 0 Å². The van der Waals surface area contributed by atoms with E-state index in [4.69, 9.17) is 4.74 Å². The molecule has 0 spiro atoms. The second-order valence-electron chi connectivity index (χ2n) is 3.99. The van der Waals surface area contributed by atoms with Crippen LogP contribution < -0.4 is 5.32 Å². The number of rotatable bonds is 6. The van der Waals surface area contributed by atoms with Crippen LogP contribution in [0.1, 0.15) is 25.5 Å². The molecule has 0 saturated heterocycles. The number of hydrogen-bond donors (Lipinski definition) is 1. The maximum absolute atomic E-state index is 12.0. The lowest BCUT2D eigenvalue weighted by Crippen LogP contribution is -2.28. The molecule has 0 aliphatic carbocycles. The van der Waals surface area contributed by atoms with Crippen molar-refractivity contribution in [2.45, 2.75) is 20.0 Å². The molecule has 0 aromatic heterocycles. The van der Waals surface area contributed by atoms with Crippen molar-refractivity contribution in [1.82, 2.24) is 5.32 Å². The first-order chi connectivity index (χ1) is 10.0. The second kappa shape index (κ2) is 8.52. The van der Waals surface area contributed by atoms with Crippen molar-refractivity contribution in [2.24, 2.45) is 0 Å². The average molecular weight is 291 g/mol. The third kappa shape index (κ3) is 5.90. The van der Waals surface area contributed by atoms with Gasteiger partial charge in [0.2, 0.25) is 6.10 Å². The van der Waals surface area contributed by atoms with Gasteiger partial charge in [-0.25, -0.2) is 4.79 Å². The van der Waals surface area contributed by atoms with Gasteiger partial charge in [0.25, 0.3) is 5.91 Å². The Bertz CT molecular complexity index is 524. The zero-order valence-corrected chi connectivity index (χ0v) is 11.9. The highest BCUT2D eigenvalue weighted by Crippen LogP contribution is 2.17. The number of benzene rings is 1. The zero-order chi connectivity index (χ0) is 15.7. The van der Waals surface area contributed by atoms with Crippen LogP contribution in [0.25, 0.3) is 0 Å². The zero-order valence-electron chi connectivity index (χ0n) is 11.9. The molecule has 0 radical (unpaired) electrons. The number of esters is 2. The number of amides is 1. The fraction of sp³-hybridized carbons (Fsp3) is 0.267. The Morgan fingerprint density at radius 1 is 1.24 bits per heavy atom. The van der Waals surface area contributed by atoms with Gasteiger partial charge in [-0.2, -0.15) is 0 Å². The predicted octanol–water partition coefficient (Wildman–Crippen LogP) is 1.48. The Labute approximate surface area is 122 Å². The molecule has 1 aromatic carbocycles. The molecular formula is C15H17NO5. The fourth-order valence-corrected chi connectivity index (χ4v) is 1.52. The monoisotopic (exact) mass is 291 g/mol. The minimum atomic E-state index is -1.07. The van der Waals surface area contributed by atoms with Crippen LogP contribution in [0.2, 0.25) is 0 Å². The van der Waals surface area contributed by atoms with E-state index in [2.05, 4.69) is 10.1 Å². The first-order valence-corrected chi connectivity index (χ1v) is 6.40. The summed E-state index contributed by atoms with van der Waals surface area (Å²) in [5, 5.41) is 2.38. The van der Waals surface area contributed by atoms with Crippen LogP contribution >= 0.6 is 0 Å². The summed E-state index contributed by atoms with van der Waals surface area (Å²) in [6.07, 6.45) is 1.16.